The Hall–Kier alpha value is -2.43. The lowest BCUT2D eigenvalue weighted by molar-refractivity contribution is 0.581. The van der Waals surface area contributed by atoms with Gasteiger partial charge in [-0.2, -0.15) is 5.26 Å². The zero-order chi connectivity index (χ0) is 16.7. The molecule has 1 aromatic carbocycles. The molecule has 0 fully saturated rings. The van der Waals surface area contributed by atoms with Gasteiger partial charge in [-0.3, -0.25) is 0 Å². The lowest BCUT2D eigenvalue weighted by Gasteiger charge is -2.10. The average Bonchev–Trinajstić information content (AvgIpc) is 2.54. The third-order valence-electron chi connectivity index (χ3n) is 3.27. The molecule has 0 radical (unpaired) electrons. The summed E-state index contributed by atoms with van der Waals surface area (Å²) in [6.45, 7) is 2.24. The second-order valence-corrected chi connectivity index (χ2v) is 6.94. The Balaban J connectivity index is 1.88. The van der Waals surface area contributed by atoms with Crippen molar-refractivity contribution in [2.45, 2.75) is 13.5 Å². The number of benzene rings is 1. The molecule has 0 aliphatic rings. The SMILES string of the molecule is Cc1ccnc(NCCS(=O)(=O)NCc2ccccc2)c1C#N. The van der Waals surface area contributed by atoms with E-state index in [-0.39, 0.29) is 18.8 Å². The van der Waals surface area contributed by atoms with Crippen molar-refractivity contribution in [3.63, 3.8) is 0 Å². The fourth-order valence-electron chi connectivity index (χ4n) is 2.00. The second-order valence-electron chi connectivity index (χ2n) is 5.02. The number of nitrogens with zero attached hydrogens (tertiary/aromatic N) is 2. The maximum Gasteiger partial charge on any atom is 0.213 e. The molecule has 120 valence electrons. The Morgan fingerprint density at radius 2 is 1.96 bits per heavy atom. The highest BCUT2D eigenvalue weighted by molar-refractivity contribution is 7.89. The van der Waals surface area contributed by atoms with Crippen molar-refractivity contribution in [1.29, 1.82) is 5.26 Å². The maximum absolute atomic E-state index is 12.0. The molecule has 0 atom stereocenters. The highest BCUT2D eigenvalue weighted by Crippen LogP contribution is 2.14. The number of rotatable bonds is 7. The number of aromatic nitrogens is 1. The molecule has 0 saturated carbocycles. The van der Waals surface area contributed by atoms with Gasteiger partial charge >= 0.3 is 0 Å². The first-order chi connectivity index (χ1) is 11.0. The Kier molecular flexibility index (Phi) is 5.68. The van der Waals surface area contributed by atoms with E-state index in [1.165, 1.54) is 0 Å². The molecule has 0 saturated heterocycles. The van der Waals surface area contributed by atoms with Gasteiger partial charge in [0.15, 0.2) is 0 Å². The van der Waals surface area contributed by atoms with Crippen LogP contribution in [0.25, 0.3) is 0 Å². The van der Waals surface area contributed by atoms with Crippen LogP contribution in [0.3, 0.4) is 0 Å². The van der Waals surface area contributed by atoms with E-state index in [2.05, 4.69) is 21.1 Å². The van der Waals surface area contributed by atoms with Gasteiger partial charge in [0, 0.05) is 19.3 Å². The minimum atomic E-state index is -3.40. The Morgan fingerprint density at radius 3 is 2.65 bits per heavy atom. The Bertz CT molecular complexity index is 799. The van der Waals surface area contributed by atoms with Crippen molar-refractivity contribution in [3.8, 4) is 6.07 Å². The molecular weight excluding hydrogens is 312 g/mol. The maximum atomic E-state index is 12.0. The topological polar surface area (TPSA) is 94.9 Å². The van der Waals surface area contributed by atoms with E-state index in [4.69, 9.17) is 5.26 Å². The van der Waals surface area contributed by atoms with Crippen LogP contribution >= 0.6 is 0 Å². The smallest absolute Gasteiger partial charge is 0.213 e. The highest BCUT2D eigenvalue weighted by Gasteiger charge is 2.11. The van der Waals surface area contributed by atoms with Crippen LogP contribution in [0.1, 0.15) is 16.7 Å². The molecule has 1 aromatic heterocycles. The molecule has 23 heavy (non-hydrogen) atoms. The summed E-state index contributed by atoms with van der Waals surface area (Å²) in [4.78, 5) is 4.07. The van der Waals surface area contributed by atoms with E-state index >= 15 is 0 Å². The summed E-state index contributed by atoms with van der Waals surface area (Å²) < 4.78 is 26.5. The summed E-state index contributed by atoms with van der Waals surface area (Å²) >= 11 is 0. The third kappa shape index (κ3) is 5.06. The summed E-state index contributed by atoms with van der Waals surface area (Å²) in [6, 6.07) is 13.1. The van der Waals surface area contributed by atoms with Gasteiger partial charge in [-0.05, 0) is 24.1 Å². The van der Waals surface area contributed by atoms with Crippen molar-refractivity contribution >= 4 is 15.8 Å². The minimum Gasteiger partial charge on any atom is -0.368 e. The lowest BCUT2D eigenvalue weighted by Crippen LogP contribution is -2.29. The normalized spacial score (nSPS) is 11.0. The number of aryl methyl sites for hydroxylation is 1. The molecule has 1 heterocycles. The van der Waals surface area contributed by atoms with Crippen molar-refractivity contribution < 1.29 is 8.42 Å². The van der Waals surface area contributed by atoms with E-state index < -0.39 is 10.0 Å². The standard InChI is InChI=1S/C16H18N4O2S/c1-13-7-8-18-16(15(13)11-17)19-9-10-23(21,22)20-12-14-5-3-2-4-6-14/h2-8,20H,9-10,12H2,1H3,(H,18,19). The molecule has 0 aliphatic carbocycles. The van der Waals surface area contributed by atoms with Crippen LogP contribution in [0.4, 0.5) is 5.82 Å². The zero-order valence-corrected chi connectivity index (χ0v) is 13.6. The van der Waals surface area contributed by atoms with Crippen LogP contribution in [-0.4, -0.2) is 25.7 Å². The number of nitriles is 1. The van der Waals surface area contributed by atoms with Crippen LogP contribution in [0.2, 0.25) is 0 Å². The monoisotopic (exact) mass is 330 g/mol. The van der Waals surface area contributed by atoms with Gasteiger partial charge in [-0.25, -0.2) is 18.1 Å². The van der Waals surface area contributed by atoms with Crippen molar-refractivity contribution in [2.75, 3.05) is 17.6 Å². The fraction of sp³-hybridized carbons (Fsp3) is 0.250. The minimum absolute atomic E-state index is 0.0969. The number of nitrogens with one attached hydrogen (secondary N) is 2. The number of hydrogen-bond donors (Lipinski definition) is 2. The number of anilines is 1. The molecule has 7 heteroatoms. The fourth-order valence-corrected chi connectivity index (χ4v) is 2.90. The third-order valence-corrected chi connectivity index (χ3v) is 4.60. The van der Waals surface area contributed by atoms with Gasteiger partial charge in [0.25, 0.3) is 0 Å². The van der Waals surface area contributed by atoms with Gasteiger partial charge in [0.2, 0.25) is 10.0 Å². The summed E-state index contributed by atoms with van der Waals surface area (Å²) in [5, 5.41) is 12.0. The van der Waals surface area contributed by atoms with E-state index in [1.54, 1.807) is 12.3 Å². The predicted octanol–water partition coefficient (Wildman–Crippen LogP) is 1.79. The summed E-state index contributed by atoms with van der Waals surface area (Å²) in [7, 11) is -3.40. The first-order valence-corrected chi connectivity index (χ1v) is 8.78. The van der Waals surface area contributed by atoms with E-state index in [0.717, 1.165) is 11.1 Å². The van der Waals surface area contributed by atoms with Gasteiger partial charge in [0.05, 0.1) is 11.3 Å². The molecule has 0 unspecified atom stereocenters. The molecule has 2 N–H and O–H groups in total. The Morgan fingerprint density at radius 1 is 1.22 bits per heavy atom. The largest absolute Gasteiger partial charge is 0.368 e. The summed E-state index contributed by atoms with van der Waals surface area (Å²) in [5.41, 5.74) is 2.13. The highest BCUT2D eigenvalue weighted by atomic mass is 32.2. The van der Waals surface area contributed by atoms with E-state index in [0.29, 0.717) is 11.4 Å². The van der Waals surface area contributed by atoms with E-state index in [9.17, 15) is 8.42 Å². The molecule has 0 spiro atoms. The number of hydrogen-bond acceptors (Lipinski definition) is 5. The van der Waals surface area contributed by atoms with Crippen LogP contribution in [0, 0.1) is 18.3 Å². The molecule has 2 rings (SSSR count). The van der Waals surface area contributed by atoms with Gasteiger partial charge < -0.3 is 5.32 Å². The molecule has 0 bridgehead atoms. The van der Waals surface area contributed by atoms with Gasteiger partial charge in [-0.15, -0.1) is 0 Å². The molecule has 6 nitrogen and oxygen atoms in total. The van der Waals surface area contributed by atoms with Crippen LogP contribution in [-0.2, 0) is 16.6 Å². The van der Waals surface area contributed by atoms with Crippen molar-refractivity contribution in [3.05, 3.63) is 59.3 Å². The van der Waals surface area contributed by atoms with Gasteiger partial charge in [-0.1, -0.05) is 30.3 Å². The zero-order valence-electron chi connectivity index (χ0n) is 12.8. The Labute approximate surface area is 136 Å². The van der Waals surface area contributed by atoms with Crippen LogP contribution < -0.4 is 10.0 Å². The first kappa shape index (κ1) is 16.9. The lowest BCUT2D eigenvalue weighted by atomic mass is 10.1. The number of pyridine rings is 1. The predicted molar refractivity (Wildman–Crippen MR) is 89.2 cm³/mol. The van der Waals surface area contributed by atoms with Crippen molar-refractivity contribution in [2.24, 2.45) is 0 Å². The molecular formula is C16H18N4O2S. The second kappa shape index (κ2) is 7.72. The summed E-state index contributed by atoms with van der Waals surface area (Å²) in [5.74, 6) is 0.311. The van der Waals surface area contributed by atoms with Crippen molar-refractivity contribution in [1.82, 2.24) is 9.71 Å². The molecule has 2 aromatic rings. The summed E-state index contributed by atoms with van der Waals surface area (Å²) in [6.07, 6.45) is 1.58. The van der Waals surface area contributed by atoms with Gasteiger partial charge in [0.1, 0.15) is 11.9 Å². The first-order valence-electron chi connectivity index (χ1n) is 7.12. The average molecular weight is 330 g/mol. The van der Waals surface area contributed by atoms with Crippen LogP contribution in [0.5, 0.6) is 0 Å². The quantitative estimate of drug-likeness (QED) is 0.807. The van der Waals surface area contributed by atoms with Crippen LogP contribution in [0.15, 0.2) is 42.6 Å². The van der Waals surface area contributed by atoms with E-state index in [1.807, 2.05) is 37.3 Å². The molecule has 0 amide bonds. The number of sulfonamides is 1. The molecule has 0 aliphatic heterocycles.